The molecule has 0 aromatic heterocycles. The number of methoxy groups -OCH3 is 1. The lowest BCUT2D eigenvalue weighted by Crippen LogP contribution is -2.52. The Bertz CT molecular complexity index is 1020. The number of ketones is 1. The molecule has 0 radical (unpaired) electrons. The van der Waals surface area contributed by atoms with Crippen molar-refractivity contribution in [2.75, 3.05) is 19.5 Å². The van der Waals surface area contributed by atoms with Crippen molar-refractivity contribution in [3.05, 3.63) is 30.3 Å². The number of fused-ring (bicyclic) bond motifs is 1. The summed E-state index contributed by atoms with van der Waals surface area (Å²) in [7, 11) is 1.69. The average molecular weight is 577 g/mol. The van der Waals surface area contributed by atoms with Gasteiger partial charge in [0, 0.05) is 30.6 Å². The Morgan fingerprint density at radius 2 is 1.65 bits per heavy atom. The standard InChI is InChI=1S/C32H48O7S/c1-9-25-32(7)26(28(30(35)39-32)40-16-15-37-24-13-11-10-12-14-24)23(5)27(33)22(4)19-31(6,36-8)18-20(2)17-21(3)29(34)38-25/h10-14,20-23,25-26,28H,9,15-19H2,1-8H3. The van der Waals surface area contributed by atoms with Crippen molar-refractivity contribution in [1.82, 2.24) is 0 Å². The van der Waals surface area contributed by atoms with E-state index in [2.05, 4.69) is 6.92 Å². The Hall–Kier alpha value is -2.06. The number of hydrogen-bond acceptors (Lipinski definition) is 8. The number of rotatable bonds is 7. The predicted octanol–water partition coefficient (Wildman–Crippen LogP) is 6.12. The molecular weight excluding hydrogens is 528 g/mol. The lowest BCUT2D eigenvalue weighted by molar-refractivity contribution is -0.183. The zero-order valence-corrected chi connectivity index (χ0v) is 26.3. The molecule has 1 aromatic rings. The highest BCUT2D eigenvalue weighted by Gasteiger charge is 2.61. The predicted molar refractivity (Wildman–Crippen MR) is 157 cm³/mol. The molecule has 3 rings (SSSR count). The molecule has 224 valence electrons. The molecule has 8 heteroatoms. The first kappa shape index (κ1) is 32.5. The normalized spacial score (nSPS) is 37.7. The Labute approximate surface area is 244 Å². The van der Waals surface area contributed by atoms with E-state index < -0.39 is 34.4 Å². The Balaban J connectivity index is 1.93. The maximum Gasteiger partial charge on any atom is 0.320 e. The van der Waals surface area contributed by atoms with Crippen molar-refractivity contribution in [2.45, 2.75) is 96.7 Å². The Morgan fingerprint density at radius 1 is 0.975 bits per heavy atom. The van der Waals surface area contributed by atoms with Gasteiger partial charge in [0.2, 0.25) is 0 Å². The number of hydrogen-bond donors (Lipinski definition) is 0. The summed E-state index contributed by atoms with van der Waals surface area (Å²) in [6.07, 6.45) is 1.75. The van der Waals surface area contributed by atoms with E-state index in [1.807, 2.05) is 71.9 Å². The first-order valence-corrected chi connectivity index (χ1v) is 15.7. The van der Waals surface area contributed by atoms with Crippen LogP contribution in [0.1, 0.15) is 74.1 Å². The van der Waals surface area contributed by atoms with Crippen molar-refractivity contribution in [2.24, 2.45) is 29.6 Å². The number of benzene rings is 1. The van der Waals surface area contributed by atoms with Gasteiger partial charge in [-0.3, -0.25) is 14.4 Å². The van der Waals surface area contributed by atoms with Gasteiger partial charge >= 0.3 is 11.9 Å². The third kappa shape index (κ3) is 7.41. The van der Waals surface area contributed by atoms with Crippen molar-refractivity contribution >= 4 is 29.5 Å². The molecule has 0 saturated carbocycles. The minimum absolute atomic E-state index is 0.0724. The van der Waals surface area contributed by atoms with Crippen LogP contribution in [-0.2, 0) is 28.6 Å². The Morgan fingerprint density at radius 3 is 2.27 bits per heavy atom. The molecule has 0 spiro atoms. The average Bonchev–Trinajstić information content (AvgIpc) is 3.17. The van der Waals surface area contributed by atoms with Gasteiger partial charge in [0.05, 0.1) is 18.1 Å². The van der Waals surface area contributed by atoms with Gasteiger partial charge in [-0.05, 0) is 57.6 Å². The van der Waals surface area contributed by atoms with Gasteiger partial charge in [-0.2, -0.15) is 0 Å². The first-order chi connectivity index (χ1) is 18.8. The lowest BCUT2D eigenvalue weighted by Gasteiger charge is -2.41. The van der Waals surface area contributed by atoms with Crippen LogP contribution in [0.5, 0.6) is 5.75 Å². The van der Waals surface area contributed by atoms with Crippen molar-refractivity contribution in [3.8, 4) is 5.75 Å². The molecule has 1 aromatic carbocycles. The highest BCUT2D eigenvalue weighted by molar-refractivity contribution is 8.00. The molecule has 9 unspecified atom stereocenters. The van der Waals surface area contributed by atoms with Gasteiger partial charge in [-0.15, -0.1) is 11.8 Å². The molecule has 2 aliphatic rings. The fraction of sp³-hybridized carbons (Fsp3) is 0.719. The summed E-state index contributed by atoms with van der Waals surface area (Å²) in [4.78, 5) is 40.7. The molecule has 40 heavy (non-hydrogen) atoms. The second kappa shape index (κ2) is 13.7. The SMILES string of the molecule is CCC1OC(=O)C(C)CC(C)CC(C)(OC)CC(C)C(=O)C(C)C2C(SCCOc3ccccc3)C(=O)OC12C. The molecule has 0 N–H and O–H groups in total. The summed E-state index contributed by atoms with van der Waals surface area (Å²) >= 11 is 1.45. The third-order valence-corrected chi connectivity index (χ3v) is 10.1. The zero-order chi connectivity index (χ0) is 29.7. The van der Waals surface area contributed by atoms with E-state index in [0.717, 1.165) is 12.2 Å². The number of Topliss-reactive ketones (excluding diaryl/α,β-unsaturated/α-hetero) is 1. The summed E-state index contributed by atoms with van der Waals surface area (Å²) in [5.74, 6) is -0.648. The third-order valence-electron chi connectivity index (χ3n) is 8.84. The van der Waals surface area contributed by atoms with Gasteiger partial charge in [-0.1, -0.05) is 52.8 Å². The van der Waals surface area contributed by atoms with E-state index in [-0.39, 0.29) is 35.5 Å². The highest BCUT2D eigenvalue weighted by atomic mass is 32.2. The number of ether oxygens (including phenoxy) is 4. The van der Waals surface area contributed by atoms with Crippen LogP contribution in [0.2, 0.25) is 0 Å². The number of cyclic esters (lactones) is 1. The van der Waals surface area contributed by atoms with E-state index in [0.29, 0.717) is 31.6 Å². The molecule has 2 fully saturated rings. The number of carbonyl (C=O) groups excluding carboxylic acids is 3. The number of esters is 2. The van der Waals surface area contributed by atoms with Crippen LogP contribution < -0.4 is 4.74 Å². The van der Waals surface area contributed by atoms with Crippen LogP contribution in [0.15, 0.2) is 30.3 Å². The van der Waals surface area contributed by atoms with Crippen LogP contribution in [0.4, 0.5) is 0 Å². The minimum Gasteiger partial charge on any atom is -0.493 e. The van der Waals surface area contributed by atoms with Crippen molar-refractivity contribution in [3.63, 3.8) is 0 Å². The monoisotopic (exact) mass is 576 g/mol. The van der Waals surface area contributed by atoms with Crippen LogP contribution in [-0.4, -0.2) is 59.7 Å². The Kier molecular flexibility index (Phi) is 11.1. The van der Waals surface area contributed by atoms with Crippen LogP contribution in [0.25, 0.3) is 0 Å². The van der Waals surface area contributed by atoms with Gasteiger partial charge in [-0.25, -0.2) is 0 Å². The van der Waals surface area contributed by atoms with E-state index >= 15 is 0 Å². The first-order valence-electron chi connectivity index (χ1n) is 14.7. The van der Waals surface area contributed by atoms with Crippen LogP contribution >= 0.6 is 11.8 Å². The second-order valence-electron chi connectivity index (χ2n) is 12.3. The van der Waals surface area contributed by atoms with Gasteiger partial charge in [0.15, 0.2) is 5.60 Å². The highest BCUT2D eigenvalue weighted by Crippen LogP contribution is 2.48. The molecule has 0 aliphatic carbocycles. The molecule has 0 amide bonds. The molecular formula is C32H48O7S. The van der Waals surface area contributed by atoms with Crippen molar-refractivity contribution < 1.29 is 33.3 Å². The summed E-state index contributed by atoms with van der Waals surface area (Å²) in [6, 6.07) is 9.53. The minimum atomic E-state index is -1.13. The van der Waals surface area contributed by atoms with E-state index in [1.54, 1.807) is 7.11 Å². The zero-order valence-electron chi connectivity index (χ0n) is 25.4. The van der Waals surface area contributed by atoms with Crippen LogP contribution in [0, 0.1) is 29.6 Å². The smallest absolute Gasteiger partial charge is 0.320 e. The maximum absolute atomic E-state index is 14.0. The number of para-hydroxylation sites is 1. The number of carbonyl (C=O) groups is 3. The summed E-state index contributed by atoms with van der Waals surface area (Å²) < 4.78 is 24.0. The topological polar surface area (TPSA) is 88.1 Å². The quantitative estimate of drug-likeness (QED) is 0.283. The van der Waals surface area contributed by atoms with Crippen molar-refractivity contribution in [1.29, 1.82) is 0 Å². The van der Waals surface area contributed by atoms with E-state index in [9.17, 15) is 14.4 Å². The summed E-state index contributed by atoms with van der Waals surface area (Å²) in [5, 5.41) is -0.581. The molecule has 9 atom stereocenters. The molecule has 7 nitrogen and oxygen atoms in total. The van der Waals surface area contributed by atoms with Gasteiger partial charge in [0.25, 0.3) is 0 Å². The molecule has 0 bridgehead atoms. The van der Waals surface area contributed by atoms with E-state index in [1.165, 1.54) is 11.8 Å². The fourth-order valence-corrected chi connectivity index (χ4v) is 8.19. The second-order valence-corrected chi connectivity index (χ2v) is 13.6. The lowest BCUT2D eigenvalue weighted by atomic mass is 9.70. The van der Waals surface area contributed by atoms with Crippen LogP contribution in [0.3, 0.4) is 0 Å². The molecule has 2 aliphatic heterocycles. The summed E-state index contributed by atoms with van der Waals surface area (Å²) in [6.45, 7) is 14.1. The van der Waals surface area contributed by atoms with Gasteiger partial charge in [0.1, 0.15) is 22.9 Å². The number of thioether (sulfide) groups is 1. The molecule has 2 saturated heterocycles. The summed E-state index contributed by atoms with van der Waals surface area (Å²) in [5.41, 5.74) is -1.64. The largest absolute Gasteiger partial charge is 0.493 e. The fourth-order valence-electron chi connectivity index (χ4n) is 6.86. The van der Waals surface area contributed by atoms with E-state index in [4.69, 9.17) is 18.9 Å². The van der Waals surface area contributed by atoms with Gasteiger partial charge < -0.3 is 18.9 Å². The molecule has 2 heterocycles. The maximum atomic E-state index is 14.0.